The van der Waals surface area contributed by atoms with Crippen LogP contribution in [-0.2, 0) is 0 Å². The van der Waals surface area contributed by atoms with Crippen LogP contribution in [0.3, 0.4) is 0 Å². The van der Waals surface area contributed by atoms with Crippen molar-refractivity contribution < 1.29 is 4.48 Å². The number of halogens is 2. The van der Waals surface area contributed by atoms with Crippen LogP contribution in [0, 0.1) is 0 Å². The Balaban J connectivity index is 4.55. The highest BCUT2D eigenvalue weighted by Crippen LogP contribution is 2.02. The van der Waals surface area contributed by atoms with Gasteiger partial charge in [0.1, 0.15) is 5.17 Å². The summed E-state index contributed by atoms with van der Waals surface area (Å²) in [4.78, 5) is 7.45. The zero-order valence-electron chi connectivity index (χ0n) is 7.01. The van der Waals surface area contributed by atoms with Crippen molar-refractivity contribution in [1.29, 1.82) is 0 Å². The van der Waals surface area contributed by atoms with Gasteiger partial charge in [0.2, 0.25) is 5.17 Å². The molecule has 0 radical (unpaired) electrons. The van der Waals surface area contributed by atoms with Gasteiger partial charge in [-0.15, -0.1) is 0 Å². The minimum absolute atomic E-state index is 0.0364. The fourth-order valence-corrected chi connectivity index (χ4v) is 0.790. The number of aliphatic imine (C=N–C) groups is 2. The Morgan fingerprint density at radius 2 is 2.08 bits per heavy atom. The highest BCUT2D eigenvalue weighted by Gasteiger charge is 2.00. The Morgan fingerprint density at radius 1 is 1.50 bits per heavy atom. The van der Waals surface area contributed by atoms with E-state index in [2.05, 4.69) is 15.2 Å². The van der Waals surface area contributed by atoms with Gasteiger partial charge in [0.05, 0.1) is 5.71 Å². The molecular formula is C6H9ClFN3S. The van der Waals surface area contributed by atoms with Gasteiger partial charge < -0.3 is 0 Å². The van der Waals surface area contributed by atoms with Crippen molar-refractivity contribution >= 4 is 39.4 Å². The number of amidine groups is 1. The maximum atomic E-state index is 11.8. The van der Waals surface area contributed by atoms with Crippen LogP contribution in [0.1, 0.15) is 6.92 Å². The first-order chi connectivity index (χ1) is 5.65. The Hall–Kier alpha value is -0.420. The van der Waals surface area contributed by atoms with E-state index in [-0.39, 0.29) is 10.3 Å². The van der Waals surface area contributed by atoms with E-state index in [0.717, 1.165) is 11.8 Å². The zero-order chi connectivity index (χ0) is 9.56. The lowest BCUT2D eigenvalue weighted by Crippen LogP contribution is -2.04. The lowest BCUT2D eigenvalue weighted by atomic mass is 10.5. The highest BCUT2D eigenvalue weighted by atomic mass is 35.5. The minimum atomic E-state index is 0.0364. The van der Waals surface area contributed by atoms with Crippen LogP contribution in [-0.4, -0.2) is 29.4 Å². The van der Waals surface area contributed by atoms with E-state index in [0.29, 0.717) is 5.71 Å². The van der Waals surface area contributed by atoms with Gasteiger partial charge in [-0.3, -0.25) is 4.99 Å². The van der Waals surface area contributed by atoms with Crippen LogP contribution in [0.15, 0.2) is 15.2 Å². The SMILES string of the molecule is C\N=C(Cl)/C(C)=N/C(=N\F)SC. The number of hydrogen-bond acceptors (Lipinski definition) is 3. The van der Waals surface area contributed by atoms with Crippen LogP contribution in [0.5, 0.6) is 0 Å². The zero-order valence-corrected chi connectivity index (χ0v) is 8.58. The summed E-state index contributed by atoms with van der Waals surface area (Å²) >= 11 is 6.71. The molecule has 0 saturated carbocycles. The predicted molar refractivity (Wildman–Crippen MR) is 54.4 cm³/mol. The second-order valence-corrected chi connectivity index (χ2v) is 2.91. The van der Waals surface area contributed by atoms with E-state index in [1.807, 2.05) is 0 Å². The van der Waals surface area contributed by atoms with Gasteiger partial charge in [-0.1, -0.05) is 33.1 Å². The van der Waals surface area contributed by atoms with Gasteiger partial charge in [-0.25, -0.2) is 4.99 Å². The maximum absolute atomic E-state index is 11.8. The average molecular weight is 210 g/mol. The normalized spacial score (nSPS) is 15.2. The molecule has 0 fully saturated rings. The van der Waals surface area contributed by atoms with Crippen LogP contribution in [0.25, 0.3) is 0 Å². The van der Waals surface area contributed by atoms with Crippen LogP contribution < -0.4 is 0 Å². The average Bonchev–Trinajstić information content (AvgIpc) is 2.12. The van der Waals surface area contributed by atoms with E-state index in [4.69, 9.17) is 11.6 Å². The third-order valence-electron chi connectivity index (χ3n) is 1.01. The second-order valence-electron chi connectivity index (χ2n) is 1.78. The number of thioether (sulfide) groups is 1. The molecule has 0 aliphatic carbocycles. The molecule has 0 unspecified atom stereocenters. The summed E-state index contributed by atoms with van der Waals surface area (Å²) < 4.78 is 11.8. The largest absolute Gasteiger partial charge is 0.275 e. The Morgan fingerprint density at radius 3 is 2.42 bits per heavy atom. The predicted octanol–water partition coefficient (Wildman–Crippen LogP) is 2.32. The summed E-state index contributed by atoms with van der Waals surface area (Å²) in [6, 6.07) is 0. The molecule has 0 N–H and O–H groups in total. The molecule has 0 heterocycles. The lowest BCUT2D eigenvalue weighted by molar-refractivity contribution is 0.539. The van der Waals surface area contributed by atoms with Crippen LogP contribution >= 0.6 is 23.4 Å². The van der Waals surface area contributed by atoms with Crippen LogP contribution in [0.4, 0.5) is 4.48 Å². The molecule has 0 aromatic rings. The monoisotopic (exact) mass is 209 g/mol. The van der Waals surface area contributed by atoms with Gasteiger partial charge >= 0.3 is 0 Å². The quantitative estimate of drug-likeness (QED) is 0.482. The molecule has 0 aliphatic rings. The lowest BCUT2D eigenvalue weighted by Gasteiger charge is -1.95. The van der Waals surface area contributed by atoms with Gasteiger partial charge in [-0.2, -0.15) is 0 Å². The number of rotatable bonds is 1. The Labute approximate surface area is 79.8 Å². The standard InChI is InChI=1S/C6H9ClFN3S/c1-4(5(7)9-2)10-6(11-8)12-3/h1-3H3/b9-5+,10-4+,11-6+. The molecule has 0 saturated heterocycles. The molecule has 0 aromatic heterocycles. The number of hydrogen-bond donors (Lipinski definition) is 0. The van der Waals surface area contributed by atoms with Crippen LogP contribution in [0.2, 0.25) is 0 Å². The van der Waals surface area contributed by atoms with Crippen molar-refractivity contribution in [3.05, 3.63) is 0 Å². The molecular weight excluding hydrogens is 201 g/mol. The summed E-state index contributed by atoms with van der Waals surface area (Å²) in [5.41, 5.74) is 0.449. The van der Waals surface area contributed by atoms with E-state index in [1.165, 1.54) is 7.05 Å². The number of nitrogens with zero attached hydrogens (tertiary/aromatic N) is 3. The minimum Gasteiger partial charge on any atom is -0.275 e. The molecule has 12 heavy (non-hydrogen) atoms. The molecule has 0 bridgehead atoms. The molecule has 0 amide bonds. The summed E-state index contributed by atoms with van der Waals surface area (Å²) in [5.74, 6) is 0. The fraction of sp³-hybridized carbons (Fsp3) is 0.500. The van der Waals surface area contributed by atoms with E-state index in [1.54, 1.807) is 13.2 Å². The molecule has 0 spiro atoms. The summed E-state index contributed by atoms with van der Waals surface area (Å²) in [5, 5.41) is 2.73. The van der Waals surface area contributed by atoms with Crippen molar-refractivity contribution in [2.45, 2.75) is 6.92 Å². The van der Waals surface area contributed by atoms with Crippen molar-refractivity contribution in [1.82, 2.24) is 0 Å². The van der Waals surface area contributed by atoms with Gasteiger partial charge in [-0.05, 0) is 13.2 Å². The van der Waals surface area contributed by atoms with E-state index in [9.17, 15) is 4.48 Å². The first-order valence-corrected chi connectivity index (χ1v) is 4.66. The second kappa shape index (κ2) is 6.14. The maximum Gasteiger partial charge on any atom is 0.219 e. The molecule has 0 aliphatic heterocycles. The molecule has 0 atom stereocenters. The molecule has 0 rings (SSSR count). The summed E-state index contributed by atoms with van der Waals surface area (Å²) in [6.07, 6.45) is 1.67. The summed E-state index contributed by atoms with van der Waals surface area (Å²) in [7, 11) is 1.53. The third-order valence-corrected chi connectivity index (χ3v) is 1.98. The van der Waals surface area contributed by atoms with Crippen molar-refractivity contribution in [2.24, 2.45) is 15.2 Å². The third kappa shape index (κ3) is 3.82. The molecule has 0 aromatic carbocycles. The van der Waals surface area contributed by atoms with E-state index < -0.39 is 0 Å². The van der Waals surface area contributed by atoms with E-state index >= 15 is 0 Å². The van der Waals surface area contributed by atoms with Crippen molar-refractivity contribution in [3.63, 3.8) is 0 Å². The first-order valence-electron chi connectivity index (χ1n) is 3.06. The Kier molecular flexibility index (Phi) is 5.92. The van der Waals surface area contributed by atoms with Gasteiger partial charge in [0.15, 0.2) is 0 Å². The highest BCUT2D eigenvalue weighted by molar-refractivity contribution is 8.13. The van der Waals surface area contributed by atoms with Crippen molar-refractivity contribution in [3.8, 4) is 0 Å². The Bertz CT molecular complexity index is 237. The molecule has 3 nitrogen and oxygen atoms in total. The molecule has 68 valence electrons. The smallest absolute Gasteiger partial charge is 0.219 e. The van der Waals surface area contributed by atoms with Crippen molar-refractivity contribution in [2.75, 3.05) is 13.3 Å². The topological polar surface area (TPSA) is 37.1 Å². The van der Waals surface area contributed by atoms with Gasteiger partial charge in [0, 0.05) is 7.05 Å². The van der Waals surface area contributed by atoms with Gasteiger partial charge in [0.25, 0.3) is 0 Å². The first kappa shape index (κ1) is 11.6. The fourth-order valence-electron chi connectivity index (χ4n) is 0.450. The molecule has 6 heteroatoms. The summed E-state index contributed by atoms with van der Waals surface area (Å²) in [6.45, 7) is 1.64.